The molecule has 2 aromatic rings. The fourth-order valence-corrected chi connectivity index (χ4v) is 2.47. The number of nitrogens with two attached hydrogens (primary N) is 1. The van der Waals surface area contributed by atoms with E-state index < -0.39 is 23.7 Å². The van der Waals surface area contributed by atoms with Gasteiger partial charge in [0.25, 0.3) is 0 Å². The van der Waals surface area contributed by atoms with Crippen LogP contribution in [-0.4, -0.2) is 21.6 Å². The minimum absolute atomic E-state index is 0.0387. The topological polar surface area (TPSA) is 82.5 Å². The SMILES string of the molecule is N/C(=N\OC(=O)CCn1nc(C(F)(F)F)cc1C1CC1)c1ccc(F)cc1. The van der Waals surface area contributed by atoms with Crippen molar-refractivity contribution < 1.29 is 27.2 Å². The van der Waals surface area contributed by atoms with E-state index >= 15 is 0 Å². The van der Waals surface area contributed by atoms with Crippen LogP contribution in [0.4, 0.5) is 17.6 Å². The van der Waals surface area contributed by atoms with Gasteiger partial charge in [-0.15, -0.1) is 0 Å². The standard InChI is InChI=1S/C17H16F4N4O2/c18-12-5-3-11(4-6-12)16(22)24-27-15(26)7-8-25-13(10-1-2-10)9-14(23-25)17(19,20)21/h3-6,9-10H,1-2,7-8H2,(H2,22,24). The van der Waals surface area contributed by atoms with Crippen molar-refractivity contribution in [3.8, 4) is 0 Å². The number of aromatic nitrogens is 2. The molecular weight excluding hydrogens is 368 g/mol. The molecule has 1 aliphatic rings. The van der Waals surface area contributed by atoms with E-state index in [1.54, 1.807) is 0 Å². The number of halogens is 4. The van der Waals surface area contributed by atoms with Gasteiger partial charge in [0.05, 0.1) is 13.0 Å². The number of oxime groups is 1. The van der Waals surface area contributed by atoms with E-state index in [1.807, 2.05) is 0 Å². The monoisotopic (exact) mass is 384 g/mol. The number of carbonyl (C=O) groups excluding carboxylic acids is 1. The van der Waals surface area contributed by atoms with Crippen LogP contribution >= 0.6 is 0 Å². The highest BCUT2D eigenvalue weighted by Gasteiger charge is 2.37. The van der Waals surface area contributed by atoms with Gasteiger partial charge in [-0.1, -0.05) is 5.16 Å². The summed E-state index contributed by atoms with van der Waals surface area (Å²) in [5, 5.41) is 7.02. The van der Waals surface area contributed by atoms with Crippen molar-refractivity contribution in [1.29, 1.82) is 0 Å². The second kappa shape index (κ2) is 7.37. The Balaban J connectivity index is 1.60. The Labute approximate surface area is 151 Å². The number of benzene rings is 1. The summed E-state index contributed by atoms with van der Waals surface area (Å²) in [5.74, 6) is -1.31. The van der Waals surface area contributed by atoms with Gasteiger partial charge in [-0.05, 0) is 43.2 Å². The van der Waals surface area contributed by atoms with Crippen LogP contribution < -0.4 is 5.73 Å². The van der Waals surface area contributed by atoms with E-state index in [4.69, 9.17) is 5.73 Å². The van der Waals surface area contributed by atoms with Crippen LogP contribution in [0.25, 0.3) is 0 Å². The first-order chi connectivity index (χ1) is 12.7. The lowest BCUT2D eigenvalue weighted by molar-refractivity contribution is -0.144. The van der Waals surface area contributed by atoms with Crippen molar-refractivity contribution in [2.24, 2.45) is 10.9 Å². The number of hydrogen-bond donors (Lipinski definition) is 1. The number of nitrogens with zero attached hydrogens (tertiary/aromatic N) is 3. The molecule has 27 heavy (non-hydrogen) atoms. The van der Waals surface area contributed by atoms with Crippen molar-refractivity contribution in [1.82, 2.24) is 9.78 Å². The summed E-state index contributed by atoms with van der Waals surface area (Å²) in [5.41, 5.74) is 5.48. The molecule has 0 aliphatic heterocycles. The molecular formula is C17H16F4N4O2. The van der Waals surface area contributed by atoms with Gasteiger partial charge >= 0.3 is 12.1 Å². The highest BCUT2D eigenvalue weighted by atomic mass is 19.4. The Morgan fingerprint density at radius 1 is 1.30 bits per heavy atom. The van der Waals surface area contributed by atoms with Crippen LogP contribution in [0.15, 0.2) is 35.5 Å². The summed E-state index contributed by atoms with van der Waals surface area (Å²) in [6, 6.07) is 6.11. The molecule has 0 bridgehead atoms. The second-order valence-corrected chi connectivity index (χ2v) is 6.15. The molecule has 0 atom stereocenters. The smallest absolute Gasteiger partial charge is 0.380 e. The predicted octanol–water partition coefficient (Wildman–Crippen LogP) is 3.17. The lowest BCUT2D eigenvalue weighted by Gasteiger charge is -2.06. The van der Waals surface area contributed by atoms with Gasteiger partial charge in [-0.25, -0.2) is 9.18 Å². The first kappa shape index (κ1) is 18.9. The number of rotatable bonds is 6. The molecule has 0 unspecified atom stereocenters. The fraction of sp³-hybridized carbons (Fsp3) is 0.353. The Hall–Kier alpha value is -2.91. The molecule has 0 amide bonds. The van der Waals surface area contributed by atoms with Gasteiger partial charge in [-0.3, -0.25) is 4.68 Å². The minimum Gasteiger partial charge on any atom is -0.380 e. The molecule has 0 saturated heterocycles. The zero-order valence-corrected chi connectivity index (χ0v) is 14.0. The molecule has 1 aliphatic carbocycles. The molecule has 1 fully saturated rings. The van der Waals surface area contributed by atoms with Crippen molar-refractivity contribution >= 4 is 11.8 Å². The molecule has 144 valence electrons. The summed E-state index contributed by atoms with van der Waals surface area (Å²) in [7, 11) is 0. The summed E-state index contributed by atoms with van der Waals surface area (Å²) >= 11 is 0. The van der Waals surface area contributed by atoms with Crippen molar-refractivity contribution in [3.05, 3.63) is 53.1 Å². The van der Waals surface area contributed by atoms with Crippen LogP contribution in [0, 0.1) is 5.82 Å². The van der Waals surface area contributed by atoms with Crippen molar-refractivity contribution in [2.75, 3.05) is 0 Å². The van der Waals surface area contributed by atoms with Crippen LogP contribution in [-0.2, 0) is 22.4 Å². The molecule has 1 aromatic carbocycles. The molecule has 1 saturated carbocycles. The summed E-state index contributed by atoms with van der Waals surface area (Å²) in [6.45, 7) is -0.0628. The fourth-order valence-electron chi connectivity index (χ4n) is 2.47. The number of aryl methyl sites for hydroxylation is 1. The Morgan fingerprint density at radius 2 is 1.96 bits per heavy atom. The third-order valence-corrected chi connectivity index (χ3v) is 4.01. The maximum Gasteiger partial charge on any atom is 0.435 e. The highest BCUT2D eigenvalue weighted by Crippen LogP contribution is 2.42. The number of carbonyl (C=O) groups is 1. The van der Waals surface area contributed by atoms with Crippen LogP contribution in [0.1, 0.15) is 42.1 Å². The Kier molecular flexibility index (Phi) is 5.15. The molecule has 10 heteroatoms. The van der Waals surface area contributed by atoms with Crippen LogP contribution in [0.5, 0.6) is 0 Å². The number of amidine groups is 1. The molecule has 0 spiro atoms. The van der Waals surface area contributed by atoms with Gasteiger partial charge in [0.2, 0.25) is 0 Å². The van der Waals surface area contributed by atoms with Gasteiger partial charge in [0.15, 0.2) is 11.5 Å². The number of hydrogen-bond acceptors (Lipinski definition) is 4. The lowest BCUT2D eigenvalue weighted by Crippen LogP contribution is -2.16. The van der Waals surface area contributed by atoms with Gasteiger partial charge < -0.3 is 10.6 Å². The summed E-state index contributed by atoms with van der Waals surface area (Å²) < 4.78 is 52.6. The average Bonchev–Trinajstić information content (AvgIpc) is 3.36. The first-order valence-corrected chi connectivity index (χ1v) is 8.18. The zero-order valence-electron chi connectivity index (χ0n) is 14.0. The minimum atomic E-state index is -4.54. The molecule has 0 radical (unpaired) electrons. The van der Waals surface area contributed by atoms with Crippen molar-refractivity contribution in [3.63, 3.8) is 0 Å². The van der Waals surface area contributed by atoms with E-state index in [0.717, 1.165) is 18.9 Å². The summed E-state index contributed by atoms with van der Waals surface area (Å²) in [6.07, 6.45) is -3.17. The van der Waals surface area contributed by atoms with Crippen LogP contribution in [0.3, 0.4) is 0 Å². The largest absolute Gasteiger partial charge is 0.435 e. The quantitative estimate of drug-likeness (QED) is 0.273. The van der Waals surface area contributed by atoms with E-state index in [2.05, 4.69) is 15.1 Å². The third kappa shape index (κ3) is 4.83. The van der Waals surface area contributed by atoms with E-state index in [9.17, 15) is 22.4 Å². The molecule has 3 rings (SSSR count). The normalized spacial score (nSPS) is 15.0. The first-order valence-electron chi connectivity index (χ1n) is 8.18. The third-order valence-electron chi connectivity index (χ3n) is 4.01. The van der Waals surface area contributed by atoms with E-state index in [0.29, 0.717) is 11.3 Å². The second-order valence-electron chi connectivity index (χ2n) is 6.15. The van der Waals surface area contributed by atoms with Crippen molar-refractivity contribution in [2.45, 2.75) is 37.9 Å². The van der Waals surface area contributed by atoms with E-state index in [-0.39, 0.29) is 24.7 Å². The Morgan fingerprint density at radius 3 is 2.56 bits per heavy atom. The van der Waals surface area contributed by atoms with Crippen LogP contribution in [0.2, 0.25) is 0 Å². The molecule has 1 aromatic heterocycles. The Bertz CT molecular complexity index is 855. The summed E-state index contributed by atoms with van der Waals surface area (Å²) in [4.78, 5) is 16.5. The predicted molar refractivity (Wildman–Crippen MR) is 87.0 cm³/mol. The molecule has 6 nitrogen and oxygen atoms in total. The van der Waals surface area contributed by atoms with Gasteiger partial charge in [0.1, 0.15) is 5.82 Å². The number of alkyl halides is 3. The van der Waals surface area contributed by atoms with Gasteiger partial charge in [0, 0.05) is 17.2 Å². The molecule has 1 heterocycles. The maximum atomic E-state index is 12.9. The lowest BCUT2D eigenvalue weighted by atomic mass is 10.2. The zero-order chi connectivity index (χ0) is 19.6. The van der Waals surface area contributed by atoms with E-state index in [1.165, 1.54) is 28.9 Å². The molecule has 2 N–H and O–H groups in total. The van der Waals surface area contributed by atoms with Gasteiger partial charge in [-0.2, -0.15) is 18.3 Å². The average molecular weight is 384 g/mol. The maximum absolute atomic E-state index is 12.9. The highest BCUT2D eigenvalue weighted by molar-refractivity contribution is 5.97.